The summed E-state index contributed by atoms with van der Waals surface area (Å²) in [7, 11) is 1.68. The Morgan fingerprint density at radius 3 is 2.10 bits per heavy atom. The van der Waals surface area contributed by atoms with Gasteiger partial charge in [-0.1, -0.05) is 30.3 Å². The number of rotatable bonds is 4. The van der Waals surface area contributed by atoms with Gasteiger partial charge in [0.15, 0.2) is 0 Å². The van der Waals surface area contributed by atoms with Gasteiger partial charge in [-0.3, -0.25) is 0 Å². The van der Waals surface area contributed by atoms with Crippen molar-refractivity contribution in [3.63, 3.8) is 0 Å². The third-order valence-corrected chi connectivity index (χ3v) is 6.24. The van der Waals surface area contributed by atoms with Crippen LogP contribution in [0, 0.1) is 5.92 Å². The first-order valence-electron chi connectivity index (χ1n) is 10.7. The molecule has 2 aliphatic rings. The van der Waals surface area contributed by atoms with Crippen LogP contribution in [0.2, 0.25) is 0 Å². The quantitative estimate of drug-likeness (QED) is 0.791. The van der Waals surface area contributed by atoms with Crippen LogP contribution < -0.4 is 9.64 Å². The number of carbonyl (C=O) groups is 1. The summed E-state index contributed by atoms with van der Waals surface area (Å²) in [5.74, 6) is 1.56. The summed E-state index contributed by atoms with van der Waals surface area (Å²) in [4.78, 5) is 19.4. The molecular formula is C24H31N3O2. The number of likely N-dealkylation sites (tertiary alicyclic amines) is 1. The van der Waals surface area contributed by atoms with Gasteiger partial charge >= 0.3 is 6.03 Å². The monoisotopic (exact) mass is 393 g/mol. The van der Waals surface area contributed by atoms with E-state index in [4.69, 9.17) is 4.74 Å². The van der Waals surface area contributed by atoms with Crippen LogP contribution >= 0.6 is 0 Å². The van der Waals surface area contributed by atoms with E-state index in [-0.39, 0.29) is 6.03 Å². The molecule has 2 aliphatic heterocycles. The van der Waals surface area contributed by atoms with Crippen LogP contribution in [0.1, 0.15) is 18.4 Å². The van der Waals surface area contributed by atoms with E-state index in [1.54, 1.807) is 7.11 Å². The average molecular weight is 394 g/mol. The zero-order valence-corrected chi connectivity index (χ0v) is 17.3. The summed E-state index contributed by atoms with van der Waals surface area (Å²) in [5.41, 5.74) is 2.60. The fourth-order valence-corrected chi connectivity index (χ4v) is 4.42. The lowest BCUT2D eigenvalue weighted by atomic mass is 9.90. The lowest BCUT2D eigenvalue weighted by Gasteiger charge is -2.40. The molecule has 29 heavy (non-hydrogen) atoms. The Labute approximate surface area is 173 Å². The zero-order valence-electron chi connectivity index (χ0n) is 17.3. The Hall–Kier alpha value is -2.69. The molecule has 2 aromatic rings. The molecule has 0 atom stereocenters. The molecule has 5 nitrogen and oxygen atoms in total. The zero-order chi connectivity index (χ0) is 20.1. The molecule has 4 rings (SSSR count). The van der Waals surface area contributed by atoms with Crippen molar-refractivity contribution in [1.29, 1.82) is 0 Å². The molecule has 2 amide bonds. The molecule has 0 unspecified atom stereocenters. The van der Waals surface area contributed by atoms with Gasteiger partial charge in [0.2, 0.25) is 0 Å². The highest BCUT2D eigenvalue weighted by atomic mass is 16.5. The van der Waals surface area contributed by atoms with E-state index >= 15 is 0 Å². The topological polar surface area (TPSA) is 36.0 Å². The second kappa shape index (κ2) is 9.21. The van der Waals surface area contributed by atoms with E-state index in [2.05, 4.69) is 52.3 Å². The summed E-state index contributed by atoms with van der Waals surface area (Å²) in [5, 5.41) is 0. The van der Waals surface area contributed by atoms with Crippen molar-refractivity contribution in [1.82, 2.24) is 9.80 Å². The number of carbonyl (C=O) groups excluding carboxylic acids is 1. The smallest absolute Gasteiger partial charge is 0.320 e. The van der Waals surface area contributed by atoms with Crippen molar-refractivity contribution in [3.8, 4) is 5.75 Å². The molecule has 0 saturated carbocycles. The van der Waals surface area contributed by atoms with Gasteiger partial charge < -0.3 is 19.4 Å². The number of benzene rings is 2. The van der Waals surface area contributed by atoms with E-state index in [1.165, 1.54) is 11.3 Å². The van der Waals surface area contributed by atoms with E-state index in [0.29, 0.717) is 5.92 Å². The summed E-state index contributed by atoms with van der Waals surface area (Å²) in [6, 6.07) is 19.1. The second-order valence-corrected chi connectivity index (χ2v) is 8.07. The number of amides is 2. The van der Waals surface area contributed by atoms with E-state index in [1.807, 2.05) is 17.0 Å². The van der Waals surface area contributed by atoms with Crippen LogP contribution in [0.3, 0.4) is 0 Å². The number of urea groups is 1. The van der Waals surface area contributed by atoms with E-state index in [0.717, 1.165) is 64.3 Å². The summed E-state index contributed by atoms with van der Waals surface area (Å²) in [6.07, 6.45) is 3.34. The van der Waals surface area contributed by atoms with Gasteiger partial charge in [0, 0.05) is 45.0 Å². The van der Waals surface area contributed by atoms with Crippen LogP contribution in [-0.4, -0.2) is 62.2 Å². The first-order chi connectivity index (χ1) is 14.2. The Morgan fingerprint density at radius 2 is 1.48 bits per heavy atom. The maximum absolute atomic E-state index is 13.0. The van der Waals surface area contributed by atoms with Crippen LogP contribution in [-0.2, 0) is 6.42 Å². The van der Waals surface area contributed by atoms with Gasteiger partial charge in [-0.25, -0.2) is 4.79 Å². The highest BCUT2D eigenvalue weighted by Gasteiger charge is 2.28. The molecule has 2 fully saturated rings. The van der Waals surface area contributed by atoms with Crippen molar-refractivity contribution in [2.24, 2.45) is 5.92 Å². The molecule has 2 saturated heterocycles. The third kappa shape index (κ3) is 4.84. The molecule has 0 spiro atoms. The Balaban J connectivity index is 1.23. The lowest BCUT2D eigenvalue weighted by Crippen LogP contribution is -2.54. The van der Waals surface area contributed by atoms with Crippen molar-refractivity contribution in [3.05, 3.63) is 60.2 Å². The van der Waals surface area contributed by atoms with Gasteiger partial charge in [-0.15, -0.1) is 0 Å². The third-order valence-electron chi connectivity index (χ3n) is 6.24. The van der Waals surface area contributed by atoms with Gasteiger partial charge in [0.05, 0.1) is 7.11 Å². The normalized spacial score (nSPS) is 18.0. The maximum atomic E-state index is 13.0. The molecular weight excluding hydrogens is 362 g/mol. The van der Waals surface area contributed by atoms with Gasteiger partial charge in [-0.2, -0.15) is 0 Å². The Kier molecular flexibility index (Phi) is 6.23. The minimum Gasteiger partial charge on any atom is -0.497 e. The van der Waals surface area contributed by atoms with E-state index < -0.39 is 0 Å². The Morgan fingerprint density at radius 1 is 0.862 bits per heavy atom. The second-order valence-electron chi connectivity index (χ2n) is 8.07. The number of piperidine rings is 1. The molecule has 0 aromatic heterocycles. The predicted octanol–water partition coefficient (Wildman–Crippen LogP) is 3.89. The first kappa shape index (κ1) is 19.6. The van der Waals surface area contributed by atoms with Crippen LogP contribution in [0.25, 0.3) is 0 Å². The van der Waals surface area contributed by atoms with Crippen molar-refractivity contribution in [2.45, 2.75) is 19.3 Å². The molecule has 154 valence electrons. The number of methoxy groups -OCH3 is 1. The van der Waals surface area contributed by atoms with Crippen LogP contribution in [0.15, 0.2) is 54.6 Å². The Bertz CT molecular complexity index is 778. The molecule has 2 aromatic carbocycles. The summed E-state index contributed by atoms with van der Waals surface area (Å²) in [6.45, 7) is 5.10. The number of piperazine rings is 1. The van der Waals surface area contributed by atoms with Crippen molar-refractivity contribution >= 4 is 11.7 Å². The number of anilines is 1. The number of ether oxygens (including phenoxy) is 1. The summed E-state index contributed by atoms with van der Waals surface area (Å²) >= 11 is 0. The highest BCUT2D eigenvalue weighted by molar-refractivity contribution is 5.75. The lowest BCUT2D eigenvalue weighted by molar-refractivity contribution is 0.130. The van der Waals surface area contributed by atoms with Crippen LogP contribution in [0.4, 0.5) is 10.5 Å². The predicted molar refractivity (Wildman–Crippen MR) is 117 cm³/mol. The minimum atomic E-state index is 0.220. The largest absolute Gasteiger partial charge is 0.497 e. The fraction of sp³-hybridized carbons (Fsp3) is 0.458. The first-order valence-corrected chi connectivity index (χ1v) is 10.7. The van der Waals surface area contributed by atoms with Gasteiger partial charge in [0.1, 0.15) is 5.75 Å². The average Bonchev–Trinajstić information content (AvgIpc) is 2.80. The van der Waals surface area contributed by atoms with Crippen LogP contribution in [0.5, 0.6) is 5.75 Å². The van der Waals surface area contributed by atoms with Gasteiger partial charge in [0.25, 0.3) is 0 Å². The maximum Gasteiger partial charge on any atom is 0.320 e. The molecule has 0 aliphatic carbocycles. The molecule has 2 heterocycles. The standard InChI is InChI=1S/C24H31N3O2/c1-29-23-9-7-22(8-10-23)25-15-17-27(18-16-25)24(28)26-13-11-21(12-14-26)19-20-5-3-2-4-6-20/h2-10,21H,11-19H2,1H3. The fourth-order valence-electron chi connectivity index (χ4n) is 4.42. The summed E-state index contributed by atoms with van der Waals surface area (Å²) < 4.78 is 5.24. The van der Waals surface area contributed by atoms with Crippen molar-refractivity contribution in [2.75, 3.05) is 51.3 Å². The SMILES string of the molecule is COc1ccc(N2CCN(C(=O)N3CCC(Cc4ccccc4)CC3)CC2)cc1. The van der Waals surface area contributed by atoms with Crippen molar-refractivity contribution < 1.29 is 9.53 Å². The number of hydrogen-bond acceptors (Lipinski definition) is 3. The highest BCUT2D eigenvalue weighted by Crippen LogP contribution is 2.24. The molecule has 0 N–H and O–H groups in total. The number of hydrogen-bond donors (Lipinski definition) is 0. The van der Waals surface area contributed by atoms with E-state index in [9.17, 15) is 4.79 Å². The number of nitrogens with zero attached hydrogens (tertiary/aromatic N) is 3. The minimum absolute atomic E-state index is 0.220. The van der Waals surface area contributed by atoms with Gasteiger partial charge in [-0.05, 0) is 55.0 Å². The molecule has 5 heteroatoms. The molecule has 0 radical (unpaired) electrons. The molecule has 0 bridgehead atoms.